The van der Waals surface area contributed by atoms with Crippen molar-refractivity contribution in [1.29, 1.82) is 0 Å². The number of aliphatic hydroxyl groups is 1. The Bertz CT molecular complexity index is 1490. The van der Waals surface area contributed by atoms with Crippen LogP contribution in [-0.4, -0.2) is 42.3 Å². The van der Waals surface area contributed by atoms with Crippen LogP contribution < -0.4 is 4.74 Å². The molecule has 10 atom stereocenters. The van der Waals surface area contributed by atoms with Gasteiger partial charge in [-0.25, -0.2) is 0 Å². The van der Waals surface area contributed by atoms with E-state index in [1.807, 2.05) is 0 Å². The van der Waals surface area contributed by atoms with Gasteiger partial charge < -0.3 is 9.84 Å². The van der Waals surface area contributed by atoms with E-state index in [0.29, 0.717) is 53.3 Å². The molecule has 2 aromatic carbocycles. The highest BCUT2D eigenvalue weighted by molar-refractivity contribution is 7.85. The maximum atomic E-state index is 12.5. The largest absolute Gasteiger partial charge is 0.494 e. The number of hydrogen-bond donors (Lipinski definition) is 2. The lowest BCUT2D eigenvalue weighted by atomic mass is 9.43. The number of ketones is 1. The normalized spacial score (nSPS) is 36.4. The Labute approximate surface area is 276 Å². The summed E-state index contributed by atoms with van der Waals surface area (Å²) in [6, 6.07) is 14.8. The van der Waals surface area contributed by atoms with Gasteiger partial charge in [-0.3, -0.25) is 9.35 Å². The molecule has 0 saturated heterocycles. The van der Waals surface area contributed by atoms with Crippen LogP contribution in [0.15, 0.2) is 42.5 Å². The molecule has 0 bridgehead atoms. The average Bonchev–Trinajstić information content (AvgIpc) is 3.37. The molecule has 0 aliphatic heterocycles. The lowest BCUT2D eigenvalue weighted by Crippen LogP contribution is -2.58. The summed E-state index contributed by atoms with van der Waals surface area (Å²) in [4.78, 5) is 12.5. The Morgan fingerprint density at radius 3 is 2.48 bits per heavy atom. The monoisotopic (exact) mass is 652 g/mol. The van der Waals surface area contributed by atoms with Crippen LogP contribution >= 0.6 is 0 Å². The summed E-state index contributed by atoms with van der Waals surface area (Å²) in [5, 5.41) is 14.3. The van der Waals surface area contributed by atoms with Crippen LogP contribution in [0.5, 0.6) is 5.75 Å². The number of fused-ring (bicyclic) bond motifs is 6. The minimum Gasteiger partial charge on any atom is -0.494 e. The molecule has 0 amide bonds. The van der Waals surface area contributed by atoms with Gasteiger partial charge >= 0.3 is 0 Å². The number of aliphatic hydroxyl groups excluding tert-OH is 1. The fraction of sp³-hybridized carbons (Fsp3) is 0.718. The zero-order valence-corrected chi connectivity index (χ0v) is 29.0. The minimum atomic E-state index is -4.01. The second-order valence-corrected chi connectivity index (χ2v) is 17.8. The molecular weight excluding hydrogens is 596 g/mol. The van der Waals surface area contributed by atoms with E-state index >= 15 is 0 Å². The van der Waals surface area contributed by atoms with E-state index in [1.54, 1.807) is 0 Å². The van der Waals surface area contributed by atoms with Gasteiger partial charge in [-0.1, -0.05) is 51.1 Å². The zero-order valence-electron chi connectivity index (χ0n) is 28.2. The molecule has 0 heterocycles. The van der Waals surface area contributed by atoms with Gasteiger partial charge in [-0.05, 0) is 146 Å². The fourth-order valence-electron chi connectivity index (χ4n) is 11.3. The quantitative estimate of drug-likeness (QED) is 0.223. The Kier molecular flexibility index (Phi) is 9.96. The van der Waals surface area contributed by atoms with E-state index in [9.17, 15) is 18.3 Å². The van der Waals surface area contributed by atoms with Crippen LogP contribution in [0.3, 0.4) is 0 Å². The van der Waals surface area contributed by atoms with Gasteiger partial charge in [0.25, 0.3) is 10.1 Å². The van der Waals surface area contributed by atoms with E-state index in [1.165, 1.54) is 55.7 Å². The van der Waals surface area contributed by atoms with E-state index in [4.69, 9.17) is 9.29 Å². The van der Waals surface area contributed by atoms with Crippen molar-refractivity contribution in [2.24, 2.45) is 52.3 Å². The molecule has 6 nitrogen and oxygen atoms in total. The van der Waals surface area contributed by atoms with Crippen LogP contribution in [0.4, 0.5) is 0 Å². The average molecular weight is 653 g/mol. The van der Waals surface area contributed by atoms with Gasteiger partial charge in [0.2, 0.25) is 0 Å². The first-order valence-electron chi connectivity index (χ1n) is 18.1. The highest BCUT2D eigenvalue weighted by atomic mass is 32.2. The first kappa shape index (κ1) is 33.9. The lowest BCUT2D eigenvalue weighted by Gasteiger charge is -2.62. The number of rotatable bonds is 12. The van der Waals surface area contributed by atoms with E-state index < -0.39 is 10.1 Å². The standard InChI is InChI=1S/C39H56O6S/c1-26(10-12-31(40)9-6-22-46(42,43)44)33-14-15-34-37-35(17-20-39(33,34)3)38(2)19-16-27(23-30(38)25-36(37)41)18-21-45-32-13-11-28-7-4-5-8-29(28)24-32/h4-5,7-8,11,13,24,26-27,30,33-37,41H,6,9-10,12,14-23,25H2,1-3H3,(H,42,43,44)/t26-,27?,30?,33+,34-,35-,36-,37-,38-,39+/m0/s1. The third-order valence-electron chi connectivity index (χ3n) is 13.8. The molecule has 254 valence electrons. The van der Waals surface area contributed by atoms with Crippen molar-refractivity contribution in [2.45, 2.75) is 110 Å². The molecule has 4 fully saturated rings. The molecule has 2 N–H and O–H groups in total. The number of carbonyl (C=O) groups is 1. The van der Waals surface area contributed by atoms with Crippen molar-refractivity contribution in [3.05, 3.63) is 42.5 Å². The Morgan fingerprint density at radius 2 is 1.70 bits per heavy atom. The maximum absolute atomic E-state index is 12.5. The lowest BCUT2D eigenvalue weighted by molar-refractivity contribution is -0.170. The van der Waals surface area contributed by atoms with Gasteiger partial charge in [-0.15, -0.1) is 0 Å². The summed E-state index contributed by atoms with van der Waals surface area (Å²) < 4.78 is 37.2. The SMILES string of the molecule is C[C@@H](CCC(=O)CCCS(=O)(=O)O)[C@H]1CC[C@H]2[C@@H]3[C@@H](O)CC4CC(CCOc5ccc6ccccc6c5)CC[C@]4(C)[C@H]3CC[C@]12C. The minimum absolute atomic E-state index is 0.0939. The number of ether oxygens (including phenoxy) is 1. The van der Waals surface area contributed by atoms with Gasteiger partial charge in [0.15, 0.2) is 0 Å². The summed E-state index contributed by atoms with van der Waals surface area (Å²) in [5.41, 5.74) is 0.509. The number of Topliss-reactive ketones (excluding diaryl/α,β-unsaturated/α-hetero) is 1. The fourth-order valence-corrected chi connectivity index (χ4v) is 11.8. The van der Waals surface area contributed by atoms with Crippen molar-refractivity contribution in [3.8, 4) is 5.75 Å². The third kappa shape index (κ3) is 6.94. The highest BCUT2D eigenvalue weighted by Gasteiger charge is 2.62. The molecule has 2 aromatic rings. The summed E-state index contributed by atoms with van der Waals surface area (Å²) in [5.74, 6) is 4.43. The second-order valence-electron chi connectivity index (χ2n) is 16.3. The number of carbonyl (C=O) groups excluding carboxylic acids is 1. The molecule has 6 rings (SSSR count). The topological polar surface area (TPSA) is 101 Å². The van der Waals surface area contributed by atoms with Crippen molar-refractivity contribution in [1.82, 2.24) is 0 Å². The van der Waals surface area contributed by atoms with Gasteiger partial charge in [0, 0.05) is 12.8 Å². The predicted octanol–water partition coefficient (Wildman–Crippen LogP) is 8.51. The van der Waals surface area contributed by atoms with E-state index in [0.717, 1.165) is 31.6 Å². The molecule has 0 aromatic heterocycles. The summed E-state index contributed by atoms with van der Waals surface area (Å²) in [7, 11) is -4.01. The molecule has 0 spiro atoms. The van der Waals surface area contributed by atoms with Crippen LogP contribution in [0, 0.1) is 52.3 Å². The molecule has 4 aliphatic rings. The number of hydrogen-bond acceptors (Lipinski definition) is 5. The van der Waals surface area contributed by atoms with Crippen molar-refractivity contribution in [3.63, 3.8) is 0 Å². The van der Waals surface area contributed by atoms with Crippen molar-refractivity contribution >= 4 is 26.7 Å². The Balaban J connectivity index is 1.02. The smallest absolute Gasteiger partial charge is 0.264 e. The maximum Gasteiger partial charge on any atom is 0.264 e. The van der Waals surface area contributed by atoms with Gasteiger partial charge in [0.1, 0.15) is 11.5 Å². The summed E-state index contributed by atoms with van der Waals surface area (Å²) >= 11 is 0. The first-order valence-corrected chi connectivity index (χ1v) is 19.7. The number of benzene rings is 2. The van der Waals surface area contributed by atoms with Crippen LogP contribution in [0.1, 0.15) is 104 Å². The van der Waals surface area contributed by atoms with Crippen molar-refractivity contribution < 1.29 is 27.6 Å². The second kappa shape index (κ2) is 13.5. The van der Waals surface area contributed by atoms with Crippen LogP contribution in [-0.2, 0) is 14.9 Å². The summed E-state index contributed by atoms with van der Waals surface area (Å²) in [6.07, 6.45) is 12.0. The van der Waals surface area contributed by atoms with E-state index in [2.05, 4.69) is 63.2 Å². The van der Waals surface area contributed by atoms with Crippen LogP contribution in [0.25, 0.3) is 10.8 Å². The molecule has 46 heavy (non-hydrogen) atoms. The first-order chi connectivity index (χ1) is 21.9. The Morgan fingerprint density at radius 1 is 0.957 bits per heavy atom. The summed E-state index contributed by atoms with van der Waals surface area (Å²) in [6.45, 7) is 8.10. The third-order valence-corrected chi connectivity index (χ3v) is 14.6. The molecular formula is C39H56O6S. The highest BCUT2D eigenvalue weighted by Crippen LogP contribution is 2.68. The van der Waals surface area contributed by atoms with Crippen LogP contribution in [0.2, 0.25) is 0 Å². The van der Waals surface area contributed by atoms with Crippen molar-refractivity contribution in [2.75, 3.05) is 12.4 Å². The Hall–Kier alpha value is -1.96. The molecule has 4 saturated carbocycles. The zero-order chi connectivity index (χ0) is 32.7. The molecule has 7 heteroatoms. The molecule has 4 aliphatic carbocycles. The van der Waals surface area contributed by atoms with Gasteiger partial charge in [-0.2, -0.15) is 8.42 Å². The van der Waals surface area contributed by atoms with E-state index in [-0.39, 0.29) is 35.9 Å². The predicted molar refractivity (Wildman–Crippen MR) is 183 cm³/mol. The van der Waals surface area contributed by atoms with Gasteiger partial charge in [0.05, 0.1) is 18.5 Å². The molecule has 0 radical (unpaired) electrons. The molecule has 2 unspecified atom stereocenters.